The number of para-hydroxylation sites is 1. The number of carbonyl (C=O) groups excluding carboxylic acids is 1. The molecule has 1 aliphatic rings. The number of nitrogens with one attached hydrogen (secondary N) is 1. The van der Waals surface area contributed by atoms with Crippen LogP contribution in [0.15, 0.2) is 64.2 Å². The second-order valence-electron chi connectivity index (χ2n) is 7.62. The normalized spacial score (nSPS) is 18.2. The van der Waals surface area contributed by atoms with Crippen molar-refractivity contribution in [1.29, 1.82) is 0 Å². The van der Waals surface area contributed by atoms with Crippen LogP contribution in [0.1, 0.15) is 19.2 Å². The van der Waals surface area contributed by atoms with Crippen molar-refractivity contribution >= 4 is 33.2 Å². The zero-order chi connectivity index (χ0) is 22.6. The third-order valence-corrected chi connectivity index (χ3v) is 7.76. The Morgan fingerprint density at radius 3 is 2.56 bits per heavy atom. The lowest BCUT2D eigenvalue weighted by Crippen LogP contribution is -2.22. The molecule has 8 nitrogen and oxygen atoms in total. The van der Waals surface area contributed by atoms with E-state index in [4.69, 9.17) is 9.15 Å². The number of benzene rings is 2. The molecule has 2 aromatic carbocycles. The summed E-state index contributed by atoms with van der Waals surface area (Å²) in [4.78, 5) is 12.5. The fraction of sp³-hybridized carbons (Fsp3) is 0.318. The summed E-state index contributed by atoms with van der Waals surface area (Å²) in [6.07, 6.45) is 1.05. The van der Waals surface area contributed by atoms with Gasteiger partial charge < -0.3 is 14.5 Å². The van der Waals surface area contributed by atoms with Crippen LogP contribution in [0.3, 0.4) is 0 Å². The second kappa shape index (κ2) is 9.74. The lowest BCUT2D eigenvalue weighted by Gasteiger charge is -2.11. The first-order chi connectivity index (χ1) is 15.4. The number of aromatic nitrogens is 2. The lowest BCUT2D eigenvalue weighted by atomic mass is 10.1. The first-order valence-electron chi connectivity index (χ1n) is 10.2. The van der Waals surface area contributed by atoms with Gasteiger partial charge in [0.2, 0.25) is 11.8 Å². The summed E-state index contributed by atoms with van der Waals surface area (Å²) in [5.41, 5.74) is 0.650. The monoisotopic (exact) mass is 473 g/mol. The molecule has 0 bridgehead atoms. The van der Waals surface area contributed by atoms with Gasteiger partial charge in [0.05, 0.1) is 16.8 Å². The maximum absolute atomic E-state index is 12.5. The van der Waals surface area contributed by atoms with Gasteiger partial charge in [-0.2, -0.15) is 0 Å². The quantitative estimate of drug-likeness (QED) is 0.490. The second-order valence-corrected chi connectivity index (χ2v) is 11.1. The molecule has 1 N–H and O–H groups in total. The molecular formula is C22H23N3O5S2. The van der Waals surface area contributed by atoms with Crippen molar-refractivity contribution in [3.05, 3.63) is 60.5 Å². The van der Waals surface area contributed by atoms with Crippen LogP contribution in [-0.4, -0.2) is 41.3 Å². The summed E-state index contributed by atoms with van der Waals surface area (Å²) in [6, 6.07) is 16.6. The van der Waals surface area contributed by atoms with Crippen LogP contribution >= 0.6 is 11.8 Å². The number of nitrogens with zero attached hydrogens (tertiary/aromatic N) is 2. The Bertz CT molecular complexity index is 1160. The average molecular weight is 474 g/mol. The molecule has 2 unspecified atom stereocenters. The number of hydrogen-bond donors (Lipinski definition) is 1. The van der Waals surface area contributed by atoms with Crippen molar-refractivity contribution < 1.29 is 22.4 Å². The van der Waals surface area contributed by atoms with E-state index < -0.39 is 15.1 Å². The van der Waals surface area contributed by atoms with E-state index in [1.165, 1.54) is 0 Å². The number of sulfone groups is 1. The first kappa shape index (κ1) is 22.3. The van der Waals surface area contributed by atoms with E-state index in [9.17, 15) is 13.2 Å². The van der Waals surface area contributed by atoms with Crippen LogP contribution in [0.5, 0.6) is 11.5 Å². The molecule has 168 valence electrons. The van der Waals surface area contributed by atoms with Gasteiger partial charge in [0, 0.05) is 12.1 Å². The standard InChI is InChI=1S/C22H23N3O5S2/c1-15(31-22-25-24-20(30-22)13-16-11-12-32(27,28)14-16)21(26)23-17-7-9-19(10-8-17)29-18-5-3-2-4-6-18/h2-10,15-16H,11-14H2,1H3,(H,23,26). The molecular weight excluding hydrogens is 450 g/mol. The van der Waals surface area contributed by atoms with Gasteiger partial charge in [0.25, 0.3) is 5.22 Å². The summed E-state index contributed by atoms with van der Waals surface area (Å²) in [5, 5.41) is 10.6. The first-order valence-corrected chi connectivity index (χ1v) is 12.9. The molecule has 1 fully saturated rings. The van der Waals surface area contributed by atoms with E-state index in [1.807, 2.05) is 30.3 Å². The minimum atomic E-state index is -2.94. The number of anilines is 1. The molecule has 0 spiro atoms. The van der Waals surface area contributed by atoms with Crippen molar-refractivity contribution in [3.8, 4) is 11.5 Å². The minimum Gasteiger partial charge on any atom is -0.457 e. The van der Waals surface area contributed by atoms with Crippen molar-refractivity contribution in [2.75, 3.05) is 16.8 Å². The van der Waals surface area contributed by atoms with Crippen LogP contribution in [0.4, 0.5) is 5.69 Å². The van der Waals surface area contributed by atoms with Crippen LogP contribution in [0, 0.1) is 5.92 Å². The van der Waals surface area contributed by atoms with Crippen molar-refractivity contribution in [3.63, 3.8) is 0 Å². The maximum Gasteiger partial charge on any atom is 0.277 e. The van der Waals surface area contributed by atoms with Gasteiger partial charge in [-0.1, -0.05) is 30.0 Å². The highest BCUT2D eigenvalue weighted by Crippen LogP contribution is 2.27. The fourth-order valence-corrected chi connectivity index (χ4v) is 5.89. The third-order valence-electron chi connectivity index (χ3n) is 4.99. The number of ether oxygens (including phenoxy) is 1. The van der Waals surface area contributed by atoms with Gasteiger partial charge in [0.15, 0.2) is 9.84 Å². The molecule has 0 aliphatic carbocycles. The summed E-state index contributed by atoms with van der Waals surface area (Å²) >= 11 is 1.16. The van der Waals surface area contributed by atoms with E-state index in [0.29, 0.717) is 30.2 Å². The lowest BCUT2D eigenvalue weighted by molar-refractivity contribution is -0.115. The molecule has 1 aromatic heterocycles. The van der Waals surface area contributed by atoms with Crippen LogP contribution < -0.4 is 10.1 Å². The van der Waals surface area contributed by atoms with Crippen molar-refractivity contribution in [2.24, 2.45) is 5.92 Å². The molecule has 10 heteroatoms. The molecule has 0 saturated carbocycles. The number of carbonyl (C=O) groups is 1. The highest BCUT2D eigenvalue weighted by atomic mass is 32.2. The average Bonchev–Trinajstić information content (AvgIpc) is 3.35. The maximum atomic E-state index is 12.5. The summed E-state index contributed by atoms with van der Waals surface area (Å²) < 4.78 is 34.5. The Labute approximate surface area is 190 Å². The number of amides is 1. The fourth-order valence-electron chi connectivity index (χ4n) is 3.33. The molecule has 0 radical (unpaired) electrons. The summed E-state index contributed by atoms with van der Waals surface area (Å²) in [5.74, 6) is 1.99. The molecule has 3 aromatic rings. The predicted octanol–water partition coefficient (Wildman–Crippen LogP) is 3.96. The Kier molecular flexibility index (Phi) is 6.80. The van der Waals surface area contributed by atoms with Crippen molar-refractivity contribution in [2.45, 2.75) is 30.2 Å². The van der Waals surface area contributed by atoms with Crippen LogP contribution in [-0.2, 0) is 21.1 Å². The van der Waals surface area contributed by atoms with Crippen LogP contribution in [0.2, 0.25) is 0 Å². The number of rotatable bonds is 8. The topological polar surface area (TPSA) is 111 Å². The highest BCUT2D eigenvalue weighted by Gasteiger charge is 2.29. The van der Waals surface area contributed by atoms with Gasteiger partial charge in [-0.3, -0.25) is 4.79 Å². The zero-order valence-electron chi connectivity index (χ0n) is 17.4. The Morgan fingerprint density at radius 2 is 1.88 bits per heavy atom. The van der Waals surface area contributed by atoms with E-state index in [0.717, 1.165) is 17.5 Å². The largest absolute Gasteiger partial charge is 0.457 e. The van der Waals surface area contributed by atoms with E-state index in [-0.39, 0.29) is 28.6 Å². The molecule has 1 saturated heterocycles. The van der Waals surface area contributed by atoms with Crippen molar-refractivity contribution in [1.82, 2.24) is 10.2 Å². The Hall–Kier alpha value is -2.85. The molecule has 2 heterocycles. The summed E-state index contributed by atoms with van der Waals surface area (Å²) in [6.45, 7) is 1.75. The smallest absolute Gasteiger partial charge is 0.277 e. The molecule has 32 heavy (non-hydrogen) atoms. The minimum absolute atomic E-state index is 0.00728. The zero-order valence-corrected chi connectivity index (χ0v) is 19.1. The SMILES string of the molecule is CC(Sc1nnc(CC2CCS(=O)(=O)C2)o1)C(=O)Nc1ccc(Oc2ccccc2)cc1. The van der Waals surface area contributed by atoms with E-state index in [1.54, 1.807) is 31.2 Å². The molecule has 2 atom stereocenters. The molecule has 1 amide bonds. The van der Waals surface area contributed by atoms with Gasteiger partial charge >= 0.3 is 0 Å². The molecule has 4 rings (SSSR count). The van der Waals surface area contributed by atoms with Gasteiger partial charge in [0.1, 0.15) is 11.5 Å². The van der Waals surface area contributed by atoms with Gasteiger partial charge in [-0.15, -0.1) is 10.2 Å². The van der Waals surface area contributed by atoms with E-state index >= 15 is 0 Å². The Balaban J connectivity index is 1.27. The predicted molar refractivity (Wildman–Crippen MR) is 122 cm³/mol. The van der Waals surface area contributed by atoms with Crippen LogP contribution in [0.25, 0.3) is 0 Å². The molecule has 1 aliphatic heterocycles. The summed E-state index contributed by atoms with van der Waals surface area (Å²) in [7, 11) is -2.94. The number of hydrogen-bond acceptors (Lipinski definition) is 8. The van der Waals surface area contributed by atoms with Gasteiger partial charge in [-0.05, 0) is 55.7 Å². The third kappa shape index (κ3) is 6.10. The Morgan fingerprint density at radius 1 is 1.16 bits per heavy atom. The highest BCUT2D eigenvalue weighted by molar-refractivity contribution is 8.00. The van der Waals surface area contributed by atoms with Gasteiger partial charge in [-0.25, -0.2) is 8.42 Å². The van der Waals surface area contributed by atoms with E-state index in [2.05, 4.69) is 15.5 Å². The number of thioether (sulfide) groups is 1.